The smallest absolute Gasteiger partial charge is 0.376 e. The van der Waals surface area contributed by atoms with E-state index in [1.165, 1.54) is 0 Å². The first kappa shape index (κ1) is 12.7. The summed E-state index contributed by atoms with van der Waals surface area (Å²) in [6, 6.07) is 0. The maximum absolute atomic E-state index is 10.2. The molecule has 13 heavy (non-hydrogen) atoms. The van der Waals surface area contributed by atoms with E-state index in [9.17, 15) is 8.42 Å². The maximum atomic E-state index is 10.2. The van der Waals surface area contributed by atoms with E-state index >= 15 is 0 Å². The molecule has 0 aliphatic rings. The molecule has 1 unspecified atom stereocenters. The van der Waals surface area contributed by atoms with Gasteiger partial charge in [-0.3, -0.25) is 4.55 Å². The van der Waals surface area contributed by atoms with Gasteiger partial charge in [0.2, 0.25) is 0 Å². The highest BCUT2D eigenvalue weighted by molar-refractivity contribution is 7.80. The molecule has 0 aromatic rings. The van der Waals surface area contributed by atoms with Crippen LogP contribution >= 0.6 is 0 Å². The van der Waals surface area contributed by atoms with Gasteiger partial charge >= 0.3 is 10.4 Å². The first-order valence-electron chi connectivity index (χ1n) is 3.28. The van der Waals surface area contributed by atoms with E-state index in [2.05, 4.69) is 14.9 Å². The second-order valence-corrected chi connectivity index (χ2v) is 3.26. The zero-order valence-corrected chi connectivity index (χ0v) is 7.48. The lowest BCUT2D eigenvalue weighted by Gasteiger charge is -2.16. The van der Waals surface area contributed by atoms with Crippen LogP contribution in [0.1, 0.15) is 6.42 Å². The fraction of sp³-hybridized carbons (Fsp3) is 1.00. The maximum Gasteiger partial charge on any atom is 0.397 e. The molecule has 0 saturated heterocycles. The molecule has 6 N–H and O–H groups in total. The highest BCUT2D eigenvalue weighted by Crippen LogP contribution is 2.04. The number of hydrogen-bond donors (Lipinski definition) is 4. The Morgan fingerprint density at radius 3 is 2.31 bits per heavy atom. The molecule has 0 bridgehead atoms. The Hall–Kier alpha value is -0.290. The van der Waals surface area contributed by atoms with E-state index < -0.39 is 22.7 Å². The molecular weight excluding hydrogens is 204 g/mol. The van der Waals surface area contributed by atoms with Crippen LogP contribution in [0.15, 0.2) is 0 Å². The van der Waals surface area contributed by atoms with Gasteiger partial charge in [0, 0.05) is 6.42 Å². The summed E-state index contributed by atoms with van der Waals surface area (Å²) in [5.41, 5.74) is 4.94. The van der Waals surface area contributed by atoms with Gasteiger partial charge < -0.3 is 15.7 Å². The summed E-state index contributed by atoms with van der Waals surface area (Å²) in [6.45, 7) is -0.0611. The second kappa shape index (κ2) is 5.44. The van der Waals surface area contributed by atoms with Crippen molar-refractivity contribution in [3.05, 3.63) is 0 Å². The van der Waals surface area contributed by atoms with Gasteiger partial charge in [0.15, 0.2) is 0 Å². The van der Waals surface area contributed by atoms with E-state index in [0.29, 0.717) is 0 Å². The summed E-state index contributed by atoms with van der Waals surface area (Å²) < 4.78 is 32.7. The molecule has 80 valence electrons. The quantitative estimate of drug-likeness (QED) is 0.221. The van der Waals surface area contributed by atoms with Crippen LogP contribution in [0.2, 0.25) is 0 Å². The Morgan fingerprint density at radius 2 is 2.00 bits per heavy atom. The van der Waals surface area contributed by atoms with Crippen LogP contribution in [0.5, 0.6) is 0 Å². The Labute approximate surface area is 75.3 Å². The van der Waals surface area contributed by atoms with Crippen LogP contribution in [0.25, 0.3) is 0 Å². The summed E-state index contributed by atoms with van der Waals surface area (Å²) in [4.78, 5) is 4.11. The minimum absolute atomic E-state index is 0.0611. The van der Waals surface area contributed by atoms with Crippen molar-refractivity contribution in [1.82, 2.24) is 0 Å². The predicted molar refractivity (Wildman–Crippen MR) is 41.4 cm³/mol. The molecule has 0 fully saturated rings. The van der Waals surface area contributed by atoms with Crippen LogP contribution in [-0.4, -0.2) is 37.0 Å². The Bertz CT molecular complexity index is 227. The summed E-state index contributed by atoms with van der Waals surface area (Å²) in [6.07, 6.45) is -2.89. The Kier molecular flexibility index (Phi) is 5.32. The van der Waals surface area contributed by atoms with Gasteiger partial charge in [-0.15, -0.1) is 0 Å². The van der Waals surface area contributed by atoms with E-state index in [0.717, 1.165) is 0 Å². The molecule has 0 aromatic carbocycles. The third kappa shape index (κ3) is 6.83. The fourth-order valence-corrected chi connectivity index (χ4v) is 1.14. The van der Waals surface area contributed by atoms with Crippen molar-refractivity contribution in [2.24, 2.45) is 11.6 Å². The van der Waals surface area contributed by atoms with Crippen molar-refractivity contribution in [1.29, 1.82) is 0 Å². The molecule has 0 rings (SSSR count). The second-order valence-electron chi connectivity index (χ2n) is 2.21. The molecule has 2 atom stereocenters. The number of rotatable bonds is 6. The van der Waals surface area contributed by atoms with Gasteiger partial charge in [0.05, 0.1) is 6.61 Å². The largest absolute Gasteiger partial charge is 0.397 e. The van der Waals surface area contributed by atoms with Crippen LogP contribution < -0.4 is 11.6 Å². The lowest BCUT2D eigenvalue weighted by Crippen LogP contribution is -2.38. The third-order valence-electron chi connectivity index (χ3n) is 1.15. The minimum atomic E-state index is -4.64. The molecule has 0 amide bonds. The lowest BCUT2D eigenvalue weighted by atomic mass is 10.2. The highest BCUT2D eigenvalue weighted by atomic mass is 32.3. The zero-order chi connectivity index (χ0) is 10.5. The van der Waals surface area contributed by atoms with Crippen molar-refractivity contribution in [2.75, 3.05) is 6.61 Å². The van der Waals surface area contributed by atoms with Crippen molar-refractivity contribution >= 4 is 10.4 Å². The highest BCUT2D eigenvalue weighted by Gasteiger charge is 2.22. The average Bonchev–Trinajstić information content (AvgIpc) is 1.95. The Morgan fingerprint density at radius 1 is 1.46 bits per heavy atom. The topological polar surface area (TPSA) is 145 Å². The summed E-state index contributed by atoms with van der Waals surface area (Å²) >= 11 is 0. The summed E-state index contributed by atoms with van der Waals surface area (Å²) in [5, 5.41) is 8.78. The predicted octanol–water partition coefficient (Wildman–Crippen LogP) is -2.27. The molecule has 0 radical (unpaired) electrons. The molecule has 0 spiro atoms. The van der Waals surface area contributed by atoms with Gasteiger partial charge in [0.25, 0.3) is 0 Å². The van der Waals surface area contributed by atoms with E-state index in [4.69, 9.17) is 15.4 Å². The summed E-state index contributed by atoms with van der Waals surface area (Å²) in [5.74, 6) is 4.65. The molecule has 8 nitrogen and oxygen atoms in total. The van der Waals surface area contributed by atoms with E-state index in [1.54, 1.807) is 0 Å². The molecule has 0 aromatic heterocycles. The lowest BCUT2D eigenvalue weighted by molar-refractivity contribution is 0.0109. The van der Waals surface area contributed by atoms with Crippen LogP contribution in [0.3, 0.4) is 0 Å². The third-order valence-corrected chi connectivity index (χ3v) is 1.64. The first-order chi connectivity index (χ1) is 5.87. The number of hydrogen-bond acceptors (Lipinski definition) is 7. The van der Waals surface area contributed by atoms with Crippen molar-refractivity contribution in [2.45, 2.75) is 18.8 Å². The molecular formula is C4H12N2O6S. The molecule has 9 heteroatoms. The summed E-state index contributed by atoms with van der Waals surface area (Å²) in [7, 11) is -4.64. The number of aliphatic hydroxyl groups is 1. The van der Waals surface area contributed by atoms with Crippen LogP contribution in [0, 0.1) is 0 Å². The standard InChI is InChI=1S/C4H12N2O6S/c5-4(7)3(1-2-11-6)12-13(8,9)10/h3-4,7H,1-2,5-6H2,(H,8,9,10)/t3-,4?/m0/s1. The minimum Gasteiger partial charge on any atom is -0.376 e. The molecule has 0 saturated carbocycles. The van der Waals surface area contributed by atoms with Gasteiger partial charge in [-0.1, -0.05) is 0 Å². The monoisotopic (exact) mass is 216 g/mol. The van der Waals surface area contributed by atoms with Gasteiger partial charge in [-0.2, -0.15) is 8.42 Å². The van der Waals surface area contributed by atoms with Crippen LogP contribution in [0.4, 0.5) is 0 Å². The fourth-order valence-electron chi connectivity index (χ4n) is 0.616. The van der Waals surface area contributed by atoms with Gasteiger partial charge in [-0.05, 0) is 0 Å². The molecule has 0 aliphatic carbocycles. The van der Waals surface area contributed by atoms with E-state index in [-0.39, 0.29) is 13.0 Å². The van der Waals surface area contributed by atoms with Crippen molar-refractivity contribution < 1.29 is 27.1 Å². The normalized spacial score (nSPS) is 16.9. The van der Waals surface area contributed by atoms with Crippen LogP contribution in [-0.2, 0) is 19.4 Å². The van der Waals surface area contributed by atoms with E-state index in [1.807, 2.05) is 0 Å². The SMILES string of the molecule is NOCC[C@H](OS(=O)(=O)O)C(N)O. The number of aliphatic hydroxyl groups excluding tert-OH is 1. The molecule has 0 heterocycles. The average molecular weight is 216 g/mol. The number of nitrogens with two attached hydrogens (primary N) is 2. The zero-order valence-electron chi connectivity index (χ0n) is 6.66. The van der Waals surface area contributed by atoms with Crippen molar-refractivity contribution in [3.8, 4) is 0 Å². The van der Waals surface area contributed by atoms with Crippen molar-refractivity contribution in [3.63, 3.8) is 0 Å². The Balaban J connectivity index is 4.11. The first-order valence-corrected chi connectivity index (χ1v) is 4.64. The molecule has 0 aliphatic heterocycles. The van der Waals surface area contributed by atoms with Gasteiger partial charge in [0.1, 0.15) is 12.3 Å². The van der Waals surface area contributed by atoms with Gasteiger partial charge in [-0.25, -0.2) is 10.1 Å².